The van der Waals surface area contributed by atoms with Gasteiger partial charge in [0.05, 0.1) is 29.3 Å². The summed E-state index contributed by atoms with van der Waals surface area (Å²) in [6.45, 7) is 0.744. The van der Waals surface area contributed by atoms with Crippen LogP contribution in [0.25, 0.3) is 33.7 Å². The summed E-state index contributed by atoms with van der Waals surface area (Å²) in [6, 6.07) is 24.0. The molecular weight excluding hydrogens is 549 g/mol. The molecule has 42 heavy (non-hydrogen) atoms. The minimum atomic E-state index is -5.19. The summed E-state index contributed by atoms with van der Waals surface area (Å²) in [4.78, 5) is 32.1. The molecule has 0 atom stereocenters. The highest BCUT2D eigenvalue weighted by atomic mass is 19.4. The molecule has 10 nitrogen and oxygen atoms in total. The highest BCUT2D eigenvalue weighted by Crippen LogP contribution is 2.31. The van der Waals surface area contributed by atoms with Crippen molar-refractivity contribution >= 4 is 28.6 Å². The van der Waals surface area contributed by atoms with Crippen LogP contribution in [0.1, 0.15) is 23.5 Å². The fraction of sp³-hybridized carbons (Fsp3) is 0.103. The van der Waals surface area contributed by atoms with Crippen LogP contribution in [-0.2, 0) is 11.3 Å². The Kier molecular flexibility index (Phi) is 8.02. The number of carboxylic acids is 1. The second-order valence-electron chi connectivity index (χ2n) is 8.90. The summed E-state index contributed by atoms with van der Waals surface area (Å²) in [5.41, 5.74) is 12.2. The number of halogens is 3. The fourth-order valence-corrected chi connectivity index (χ4v) is 4.00. The number of benzene rings is 2. The Morgan fingerprint density at radius 3 is 2.05 bits per heavy atom. The molecule has 1 aliphatic heterocycles. The van der Waals surface area contributed by atoms with Crippen molar-refractivity contribution in [3.05, 3.63) is 102 Å². The number of hydrogen-bond donors (Lipinski definition) is 1. The Hall–Kier alpha value is -5.43. The molecule has 0 saturated carbocycles. The van der Waals surface area contributed by atoms with E-state index in [9.17, 15) is 13.2 Å². The lowest BCUT2D eigenvalue weighted by Gasteiger charge is -2.11. The van der Waals surface area contributed by atoms with Crippen LogP contribution in [-0.4, -0.2) is 48.5 Å². The number of carbonyl (C=O) groups excluding carboxylic acids is 1. The standard InChI is InChI=1S/C27H20N8.C2HF3O2/c28-16-17-7-9-19(10-8-17)24-25(18-5-2-1-3-6-18)33-27-21(31-24)12-11-20(32-27)22-15-23(35-34-22)26-29-13-4-14-30-26;3-2(4,5)1(6)7/h1-14H,15-16,28H2;(H,6,7). The Morgan fingerprint density at radius 2 is 1.40 bits per heavy atom. The average molecular weight is 571 g/mol. The smallest absolute Gasteiger partial charge is 0.430 e. The van der Waals surface area contributed by atoms with E-state index in [2.05, 4.69) is 50.2 Å². The molecule has 0 spiro atoms. The number of aromatic nitrogens is 5. The zero-order valence-electron chi connectivity index (χ0n) is 21.8. The Morgan fingerprint density at radius 1 is 0.786 bits per heavy atom. The first kappa shape index (κ1) is 28.1. The SMILES string of the molecule is O=C([O-])C(F)(F)F.[NH3+]Cc1ccc(-c2nc3ccc(C4=NN=C(c5ncccn5)C4)nc3nc2-c2ccccc2)cc1. The van der Waals surface area contributed by atoms with Gasteiger partial charge in [0.2, 0.25) is 0 Å². The lowest BCUT2D eigenvalue weighted by Crippen LogP contribution is -2.47. The fourth-order valence-electron chi connectivity index (χ4n) is 4.00. The molecule has 2 aromatic carbocycles. The summed E-state index contributed by atoms with van der Waals surface area (Å²) in [7, 11) is 0. The largest absolute Gasteiger partial charge is 0.542 e. The van der Waals surface area contributed by atoms with Crippen molar-refractivity contribution in [2.75, 3.05) is 0 Å². The third-order valence-corrected chi connectivity index (χ3v) is 6.07. The van der Waals surface area contributed by atoms with Gasteiger partial charge in [-0.2, -0.15) is 23.4 Å². The molecule has 0 radical (unpaired) electrons. The van der Waals surface area contributed by atoms with Crippen LogP contribution in [0.15, 0.2) is 95.4 Å². The van der Waals surface area contributed by atoms with Crippen LogP contribution in [0.2, 0.25) is 0 Å². The molecule has 13 heteroatoms. The molecule has 3 aromatic heterocycles. The van der Waals surface area contributed by atoms with Crippen molar-refractivity contribution in [3.8, 4) is 22.5 Å². The van der Waals surface area contributed by atoms with Crippen molar-refractivity contribution in [2.24, 2.45) is 10.2 Å². The molecule has 210 valence electrons. The molecule has 6 rings (SSSR count). The van der Waals surface area contributed by atoms with Gasteiger partial charge in [0.25, 0.3) is 0 Å². The second-order valence-corrected chi connectivity index (χ2v) is 8.90. The number of rotatable bonds is 5. The van der Waals surface area contributed by atoms with E-state index in [0.717, 1.165) is 46.0 Å². The zero-order valence-corrected chi connectivity index (χ0v) is 21.8. The lowest BCUT2D eigenvalue weighted by molar-refractivity contribution is -0.386. The van der Waals surface area contributed by atoms with E-state index >= 15 is 0 Å². The van der Waals surface area contributed by atoms with E-state index in [4.69, 9.17) is 24.9 Å². The molecule has 4 heterocycles. The van der Waals surface area contributed by atoms with Gasteiger partial charge in [-0.15, -0.1) is 0 Å². The molecule has 0 unspecified atom stereocenters. The van der Waals surface area contributed by atoms with Gasteiger partial charge in [0, 0.05) is 35.5 Å². The summed E-state index contributed by atoms with van der Waals surface area (Å²) in [5.74, 6) is -2.43. The van der Waals surface area contributed by atoms with Gasteiger partial charge in [-0.05, 0) is 18.2 Å². The van der Waals surface area contributed by atoms with Crippen molar-refractivity contribution in [2.45, 2.75) is 19.1 Å². The summed E-state index contributed by atoms with van der Waals surface area (Å²) in [5, 5.41) is 17.4. The summed E-state index contributed by atoms with van der Waals surface area (Å²) < 4.78 is 31.5. The van der Waals surface area contributed by atoms with Gasteiger partial charge in [0.1, 0.15) is 17.2 Å². The number of quaternary nitrogens is 1. The monoisotopic (exact) mass is 570 g/mol. The van der Waals surface area contributed by atoms with E-state index in [1.807, 2.05) is 42.5 Å². The molecule has 0 amide bonds. The van der Waals surface area contributed by atoms with Gasteiger partial charge >= 0.3 is 6.18 Å². The topological polar surface area (TPSA) is 157 Å². The zero-order chi connectivity index (χ0) is 29.7. The number of pyridine rings is 1. The predicted octanol–water partition coefficient (Wildman–Crippen LogP) is 2.79. The van der Waals surface area contributed by atoms with Gasteiger partial charge in [0.15, 0.2) is 11.5 Å². The van der Waals surface area contributed by atoms with Gasteiger partial charge in [-0.1, -0.05) is 54.6 Å². The van der Waals surface area contributed by atoms with E-state index in [1.165, 1.54) is 5.56 Å². The van der Waals surface area contributed by atoms with Crippen molar-refractivity contribution in [1.82, 2.24) is 24.9 Å². The predicted molar refractivity (Wildman–Crippen MR) is 146 cm³/mol. The number of alkyl halides is 3. The third-order valence-electron chi connectivity index (χ3n) is 6.07. The van der Waals surface area contributed by atoms with Crippen molar-refractivity contribution < 1.29 is 28.8 Å². The van der Waals surface area contributed by atoms with Gasteiger partial charge < -0.3 is 15.6 Å². The van der Waals surface area contributed by atoms with Crippen LogP contribution >= 0.6 is 0 Å². The molecule has 0 fully saturated rings. The normalized spacial score (nSPS) is 12.8. The molecule has 3 N–H and O–H groups in total. The Bertz CT molecular complexity index is 1790. The second kappa shape index (κ2) is 12.0. The van der Waals surface area contributed by atoms with Crippen LogP contribution < -0.4 is 10.8 Å². The minimum absolute atomic E-state index is 0.512. The van der Waals surface area contributed by atoms with E-state index in [1.54, 1.807) is 18.5 Å². The van der Waals surface area contributed by atoms with Crippen molar-refractivity contribution in [1.29, 1.82) is 0 Å². The quantitative estimate of drug-likeness (QED) is 0.340. The minimum Gasteiger partial charge on any atom is -0.542 e. The Labute approximate surface area is 236 Å². The van der Waals surface area contributed by atoms with E-state index in [-0.39, 0.29) is 0 Å². The first-order valence-electron chi connectivity index (χ1n) is 12.5. The maximum absolute atomic E-state index is 10.5. The highest BCUT2D eigenvalue weighted by Gasteiger charge is 2.28. The Balaban J connectivity index is 0.000000451. The third kappa shape index (κ3) is 6.31. The highest BCUT2D eigenvalue weighted by molar-refractivity contribution is 6.18. The average Bonchev–Trinajstić information content (AvgIpc) is 3.51. The maximum atomic E-state index is 10.5. The van der Waals surface area contributed by atoms with Crippen LogP contribution in [0.3, 0.4) is 0 Å². The summed E-state index contributed by atoms with van der Waals surface area (Å²) in [6.07, 6.45) is -1.29. The van der Waals surface area contributed by atoms with Gasteiger partial charge in [-0.3, -0.25) is 0 Å². The van der Waals surface area contributed by atoms with E-state index in [0.29, 0.717) is 23.6 Å². The first-order chi connectivity index (χ1) is 20.2. The van der Waals surface area contributed by atoms with Gasteiger partial charge in [-0.25, -0.2) is 24.9 Å². The number of aliphatic carboxylic acids is 1. The molecule has 0 bridgehead atoms. The molecule has 5 aromatic rings. The molecule has 0 aliphatic carbocycles. The first-order valence-corrected chi connectivity index (χ1v) is 12.5. The number of nitrogens with zero attached hydrogens (tertiary/aromatic N) is 7. The van der Waals surface area contributed by atoms with Crippen molar-refractivity contribution in [3.63, 3.8) is 0 Å². The number of fused-ring (bicyclic) bond motifs is 1. The number of hydrogen-bond acceptors (Lipinski definition) is 9. The van der Waals surface area contributed by atoms with Crippen LogP contribution in [0, 0.1) is 0 Å². The van der Waals surface area contributed by atoms with Crippen LogP contribution in [0.4, 0.5) is 13.2 Å². The molecular formula is C29H21F3N8O2. The summed E-state index contributed by atoms with van der Waals surface area (Å²) >= 11 is 0. The number of carboxylic acid groups (broad SMARTS) is 1. The lowest BCUT2D eigenvalue weighted by atomic mass is 10.0. The van der Waals surface area contributed by atoms with E-state index < -0.39 is 12.1 Å². The maximum Gasteiger partial charge on any atom is 0.430 e. The molecule has 0 saturated heterocycles. The number of carbonyl (C=O) groups is 1. The molecule has 1 aliphatic rings. The van der Waals surface area contributed by atoms with Crippen LogP contribution in [0.5, 0.6) is 0 Å².